The lowest BCUT2D eigenvalue weighted by atomic mass is 9.83. The Morgan fingerprint density at radius 3 is 2.75 bits per heavy atom. The third kappa shape index (κ3) is 3.46. The summed E-state index contributed by atoms with van der Waals surface area (Å²) in [6.45, 7) is 4.61. The summed E-state index contributed by atoms with van der Waals surface area (Å²) in [7, 11) is 0. The van der Waals surface area contributed by atoms with Crippen molar-refractivity contribution in [3.63, 3.8) is 0 Å². The van der Waals surface area contributed by atoms with Crippen molar-refractivity contribution in [1.29, 1.82) is 0 Å². The second kappa shape index (κ2) is 6.20. The lowest BCUT2D eigenvalue weighted by Crippen LogP contribution is -2.47. The van der Waals surface area contributed by atoms with E-state index in [-0.39, 0.29) is 17.0 Å². The number of anilines is 1. The third-order valence-electron chi connectivity index (χ3n) is 3.82. The zero-order valence-electron chi connectivity index (χ0n) is 12.1. The van der Waals surface area contributed by atoms with Crippen molar-refractivity contribution in [2.24, 2.45) is 0 Å². The number of carbonyl (C=O) groups is 1. The Balaban J connectivity index is 2.17. The van der Waals surface area contributed by atoms with E-state index in [9.17, 15) is 9.18 Å². The van der Waals surface area contributed by atoms with Gasteiger partial charge in [0.05, 0.1) is 11.8 Å². The van der Waals surface area contributed by atoms with Gasteiger partial charge in [-0.25, -0.2) is 9.37 Å². The predicted octanol–water partition coefficient (Wildman–Crippen LogP) is 3.11. The van der Waals surface area contributed by atoms with Crippen molar-refractivity contribution in [2.75, 3.05) is 11.9 Å². The number of amides is 1. The fraction of sp³-hybridized carbons (Fsp3) is 0.600. The van der Waals surface area contributed by atoms with Crippen LogP contribution in [0.15, 0.2) is 12.3 Å². The highest BCUT2D eigenvalue weighted by molar-refractivity contribution is 5.99. The molecule has 1 aromatic heterocycles. The lowest BCUT2D eigenvalue weighted by molar-refractivity contribution is 0.0882. The third-order valence-corrected chi connectivity index (χ3v) is 3.82. The molecule has 1 aliphatic carbocycles. The Hall–Kier alpha value is -1.65. The van der Waals surface area contributed by atoms with Crippen molar-refractivity contribution in [3.8, 4) is 0 Å². The fourth-order valence-corrected chi connectivity index (χ4v) is 2.72. The zero-order chi connectivity index (χ0) is 14.6. The van der Waals surface area contributed by atoms with Gasteiger partial charge < -0.3 is 10.6 Å². The second-order valence-corrected chi connectivity index (χ2v) is 5.66. The Morgan fingerprint density at radius 2 is 2.10 bits per heavy atom. The molecular weight excluding hydrogens is 257 g/mol. The smallest absolute Gasteiger partial charge is 0.255 e. The molecule has 0 unspecified atom stereocenters. The minimum absolute atomic E-state index is 0.189. The largest absolute Gasteiger partial charge is 0.370 e. The quantitative estimate of drug-likeness (QED) is 0.890. The number of rotatable bonds is 4. The first kappa shape index (κ1) is 14.8. The van der Waals surface area contributed by atoms with Gasteiger partial charge in [-0.1, -0.05) is 19.3 Å². The van der Waals surface area contributed by atoms with Crippen LogP contribution in [0.3, 0.4) is 0 Å². The molecule has 0 bridgehead atoms. The molecule has 0 saturated heterocycles. The first-order valence-electron chi connectivity index (χ1n) is 7.26. The summed E-state index contributed by atoms with van der Waals surface area (Å²) in [6.07, 6.45) is 6.53. The highest BCUT2D eigenvalue weighted by atomic mass is 19.1. The van der Waals surface area contributed by atoms with Crippen molar-refractivity contribution in [2.45, 2.75) is 51.5 Å². The first-order chi connectivity index (χ1) is 9.54. The first-order valence-corrected chi connectivity index (χ1v) is 7.26. The van der Waals surface area contributed by atoms with Crippen molar-refractivity contribution in [1.82, 2.24) is 10.3 Å². The van der Waals surface area contributed by atoms with Crippen LogP contribution in [0.2, 0.25) is 0 Å². The van der Waals surface area contributed by atoms with Crippen LogP contribution in [-0.4, -0.2) is 23.0 Å². The molecule has 5 heteroatoms. The highest BCUT2D eigenvalue weighted by Crippen LogP contribution is 2.28. The summed E-state index contributed by atoms with van der Waals surface area (Å²) < 4.78 is 13.4. The van der Waals surface area contributed by atoms with E-state index in [0.717, 1.165) is 31.9 Å². The Kier molecular flexibility index (Phi) is 4.57. The van der Waals surface area contributed by atoms with Gasteiger partial charge in [0.2, 0.25) is 0 Å². The highest BCUT2D eigenvalue weighted by Gasteiger charge is 2.29. The number of carbonyl (C=O) groups excluding carboxylic acids is 1. The van der Waals surface area contributed by atoms with Crippen LogP contribution in [0.1, 0.15) is 56.3 Å². The van der Waals surface area contributed by atoms with Gasteiger partial charge in [-0.05, 0) is 32.8 Å². The van der Waals surface area contributed by atoms with Crippen LogP contribution >= 0.6 is 0 Å². The molecule has 1 aliphatic rings. The van der Waals surface area contributed by atoms with E-state index in [1.165, 1.54) is 12.5 Å². The SMILES string of the molecule is CCNc1ncc(F)cc1C(=O)NC1(C)CCCCC1. The summed E-state index contributed by atoms with van der Waals surface area (Å²) in [6, 6.07) is 1.24. The van der Waals surface area contributed by atoms with Crippen LogP contribution in [0.5, 0.6) is 0 Å². The van der Waals surface area contributed by atoms with Gasteiger partial charge in [-0.3, -0.25) is 4.79 Å². The number of hydrogen-bond donors (Lipinski definition) is 2. The molecule has 1 heterocycles. The molecule has 2 N–H and O–H groups in total. The number of pyridine rings is 1. The Morgan fingerprint density at radius 1 is 1.40 bits per heavy atom. The number of aromatic nitrogens is 1. The van der Waals surface area contributed by atoms with Gasteiger partial charge in [0.25, 0.3) is 5.91 Å². The number of halogens is 1. The summed E-state index contributed by atoms with van der Waals surface area (Å²) in [5, 5.41) is 6.05. The maximum atomic E-state index is 13.4. The van der Waals surface area contributed by atoms with E-state index >= 15 is 0 Å². The molecule has 2 rings (SSSR count). The van der Waals surface area contributed by atoms with E-state index < -0.39 is 5.82 Å². The van der Waals surface area contributed by atoms with E-state index in [1.54, 1.807) is 0 Å². The molecule has 110 valence electrons. The molecule has 0 atom stereocenters. The minimum atomic E-state index is -0.495. The summed E-state index contributed by atoms with van der Waals surface area (Å²) in [5.41, 5.74) is 0.0872. The topological polar surface area (TPSA) is 54.0 Å². The molecule has 0 aromatic carbocycles. The number of nitrogens with one attached hydrogen (secondary N) is 2. The molecule has 1 fully saturated rings. The van der Waals surface area contributed by atoms with Gasteiger partial charge in [-0.2, -0.15) is 0 Å². The van der Waals surface area contributed by atoms with Crippen molar-refractivity contribution >= 4 is 11.7 Å². The van der Waals surface area contributed by atoms with Gasteiger partial charge >= 0.3 is 0 Å². The molecule has 0 radical (unpaired) electrons. The summed E-state index contributed by atoms with van der Waals surface area (Å²) in [5.74, 6) is -0.311. The van der Waals surface area contributed by atoms with Crippen LogP contribution in [0.4, 0.5) is 10.2 Å². The lowest BCUT2D eigenvalue weighted by Gasteiger charge is -2.34. The summed E-state index contributed by atoms with van der Waals surface area (Å²) >= 11 is 0. The molecular formula is C15H22FN3O. The molecule has 1 aromatic rings. The van der Waals surface area contributed by atoms with E-state index in [4.69, 9.17) is 0 Å². The van der Waals surface area contributed by atoms with E-state index in [1.807, 2.05) is 6.92 Å². The number of hydrogen-bond acceptors (Lipinski definition) is 3. The Labute approximate surface area is 119 Å². The fourth-order valence-electron chi connectivity index (χ4n) is 2.72. The molecule has 1 amide bonds. The monoisotopic (exact) mass is 279 g/mol. The van der Waals surface area contributed by atoms with E-state index in [2.05, 4.69) is 22.5 Å². The van der Waals surface area contributed by atoms with Crippen LogP contribution in [-0.2, 0) is 0 Å². The van der Waals surface area contributed by atoms with Crippen LogP contribution in [0, 0.1) is 5.82 Å². The molecule has 0 aliphatic heterocycles. The second-order valence-electron chi connectivity index (χ2n) is 5.66. The standard InChI is InChI=1S/C15H22FN3O/c1-3-17-13-12(9-11(16)10-18-13)14(20)19-15(2)7-5-4-6-8-15/h9-10H,3-8H2,1-2H3,(H,17,18)(H,19,20). The normalized spacial score (nSPS) is 17.6. The minimum Gasteiger partial charge on any atom is -0.370 e. The van der Waals surface area contributed by atoms with Crippen molar-refractivity contribution in [3.05, 3.63) is 23.6 Å². The number of nitrogens with zero attached hydrogens (tertiary/aromatic N) is 1. The van der Waals surface area contributed by atoms with Crippen molar-refractivity contribution < 1.29 is 9.18 Å². The maximum absolute atomic E-state index is 13.4. The van der Waals surface area contributed by atoms with Gasteiger partial charge in [0, 0.05) is 12.1 Å². The Bertz CT molecular complexity index is 484. The molecule has 0 spiro atoms. The zero-order valence-corrected chi connectivity index (χ0v) is 12.1. The van der Waals surface area contributed by atoms with Crippen LogP contribution in [0.25, 0.3) is 0 Å². The molecule has 20 heavy (non-hydrogen) atoms. The summed E-state index contributed by atoms with van der Waals surface area (Å²) in [4.78, 5) is 16.4. The van der Waals surface area contributed by atoms with Gasteiger partial charge in [0.1, 0.15) is 11.6 Å². The van der Waals surface area contributed by atoms with E-state index in [0.29, 0.717) is 12.4 Å². The maximum Gasteiger partial charge on any atom is 0.255 e. The van der Waals surface area contributed by atoms with Gasteiger partial charge in [-0.15, -0.1) is 0 Å². The average Bonchev–Trinajstić information content (AvgIpc) is 2.41. The van der Waals surface area contributed by atoms with Gasteiger partial charge in [0.15, 0.2) is 0 Å². The average molecular weight is 279 g/mol. The molecule has 1 saturated carbocycles. The molecule has 4 nitrogen and oxygen atoms in total. The predicted molar refractivity (Wildman–Crippen MR) is 77.3 cm³/mol. The van der Waals surface area contributed by atoms with Crippen LogP contribution < -0.4 is 10.6 Å².